The smallest absolute Gasteiger partial charge is 0.270 e. The minimum absolute atomic E-state index is 0.0187. The van der Waals surface area contributed by atoms with Crippen molar-refractivity contribution in [3.05, 3.63) is 35.3 Å². The molecule has 2 aliphatic heterocycles. The van der Waals surface area contributed by atoms with E-state index in [9.17, 15) is 19.1 Å². The largest absolute Gasteiger partial charge is 0.391 e. The number of amides is 2. The number of aliphatic hydroxyl groups excluding tert-OH is 1. The molecule has 8 heteroatoms. The Balaban J connectivity index is 1.45. The molecule has 7 nitrogen and oxygen atoms in total. The fourth-order valence-corrected chi connectivity index (χ4v) is 4.74. The number of benzene rings is 1. The number of hydrogen-bond donors (Lipinski definition) is 2. The van der Waals surface area contributed by atoms with E-state index in [1.165, 1.54) is 12.1 Å². The van der Waals surface area contributed by atoms with Crippen molar-refractivity contribution >= 4 is 22.7 Å². The molecule has 2 saturated heterocycles. The number of hydrogen-bond acceptors (Lipinski definition) is 4. The highest BCUT2D eigenvalue weighted by molar-refractivity contribution is 6.00. The molecule has 0 spiro atoms. The van der Waals surface area contributed by atoms with Crippen LogP contribution in [0.4, 0.5) is 4.39 Å². The minimum atomic E-state index is -0.510. The molecule has 0 saturated carbocycles. The number of aryl methyl sites for hydroxylation is 1. The highest BCUT2D eigenvalue weighted by Crippen LogP contribution is 2.25. The van der Waals surface area contributed by atoms with Crippen LogP contribution in [-0.4, -0.2) is 88.0 Å². The summed E-state index contributed by atoms with van der Waals surface area (Å²) in [6.07, 6.45) is 0.683. The predicted octanol–water partition coefficient (Wildman–Crippen LogP) is 1.75. The van der Waals surface area contributed by atoms with Crippen molar-refractivity contribution < 1.29 is 19.1 Å². The fraction of sp³-hybridized carbons (Fsp3) is 0.545. The van der Waals surface area contributed by atoms with Crippen LogP contribution in [0.15, 0.2) is 18.2 Å². The van der Waals surface area contributed by atoms with E-state index in [0.29, 0.717) is 44.7 Å². The molecule has 162 valence electrons. The van der Waals surface area contributed by atoms with E-state index in [1.54, 1.807) is 17.9 Å². The van der Waals surface area contributed by atoms with Crippen LogP contribution < -0.4 is 0 Å². The van der Waals surface area contributed by atoms with Gasteiger partial charge in [0.2, 0.25) is 5.91 Å². The normalized spacial score (nSPS) is 23.6. The number of aliphatic hydroxyl groups is 1. The van der Waals surface area contributed by atoms with Crippen LogP contribution in [0.25, 0.3) is 10.9 Å². The van der Waals surface area contributed by atoms with Gasteiger partial charge < -0.3 is 19.9 Å². The second-order valence-electron chi connectivity index (χ2n) is 8.36. The fourth-order valence-electron chi connectivity index (χ4n) is 4.74. The molecule has 0 radical (unpaired) electrons. The maximum absolute atomic E-state index is 13.6. The van der Waals surface area contributed by atoms with Crippen LogP contribution in [0.3, 0.4) is 0 Å². The van der Waals surface area contributed by atoms with Crippen LogP contribution >= 0.6 is 0 Å². The quantitative estimate of drug-likeness (QED) is 0.782. The van der Waals surface area contributed by atoms with Gasteiger partial charge in [0, 0.05) is 63.1 Å². The third kappa shape index (κ3) is 3.94. The summed E-state index contributed by atoms with van der Waals surface area (Å²) in [4.78, 5) is 33.7. The van der Waals surface area contributed by atoms with E-state index >= 15 is 0 Å². The number of H-pyrrole nitrogens is 1. The molecule has 2 fully saturated rings. The predicted molar refractivity (Wildman–Crippen MR) is 112 cm³/mol. The highest BCUT2D eigenvalue weighted by Gasteiger charge is 2.34. The Labute approximate surface area is 175 Å². The van der Waals surface area contributed by atoms with E-state index in [1.807, 2.05) is 11.8 Å². The SMILES string of the molecule is CC(=O)N1CCN([C@H]2CCN(C(=O)c3[nH]c4ccc(F)cc4c3C)CC[C@@H]2O)CC1. The Morgan fingerprint density at radius 3 is 2.47 bits per heavy atom. The van der Waals surface area contributed by atoms with Gasteiger partial charge in [-0.3, -0.25) is 14.5 Å². The number of fused-ring (bicyclic) bond motifs is 1. The van der Waals surface area contributed by atoms with Gasteiger partial charge in [0.15, 0.2) is 0 Å². The number of piperazine rings is 1. The maximum Gasteiger partial charge on any atom is 0.270 e. The zero-order chi connectivity index (χ0) is 21.4. The summed E-state index contributed by atoms with van der Waals surface area (Å²) in [6.45, 7) is 7.27. The van der Waals surface area contributed by atoms with Crippen molar-refractivity contribution in [1.29, 1.82) is 0 Å². The van der Waals surface area contributed by atoms with Gasteiger partial charge in [-0.25, -0.2) is 4.39 Å². The van der Waals surface area contributed by atoms with Crippen LogP contribution in [0, 0.1) is 12.7 Å². The van der Waals surface area contributed by atoms with E-state index in [4.69, 9.17) is 0 Å². The lowest BCUT2D eigenvalue weighted by Gasteiger charge is -2.40. The van der Waals surface area contributed by atoms with Gasteiger partial charge >= 0.3 is 0 Å². The lowest BCUT2D eigenvalue weighted by molar-refractivity contribution is -0.131. The Hall–Kier alpha value is -2.45. The summed E-state index contributed by atoms with van der Waals surface area (Å²) in [5.74, 6) is -0.353. The summed E-state index contributed by atoms with van der Waals surface area (Å²) in [5.41, 5.74) is 1.98. The summed E-state index contributed by atoms with van der Waals surface area (Å²) >= 11 is 0. The molecule has 0 bridgehead atoms. The molecular formula is C22H29FN4O3. The minimum Gasteiger partial charge on any atom is -0.391 e. The first kappa shape index (κ1) is 20.8. The zero-order valence-corrected chi connectivity index (χ0v) is 17.5. The van der Waals surface area contributed by atoms with Crippen LogP contribution in [-0.2, 0) is 4.79 Å². The van der Waals surface area contributed by atoms with E-state index in [2.05, 4.69) is 9.88 Å². The van der Waals surface area contributed by atoms with Crippen molar-refractivity contribution in [2.24, 2.45) is 0 Å². The van der Waals surface area contributed by atoms with E-state index in [0.717, 1.165) is 29.6 Å². The van der Waals surface area contributed by atoms with Gasteiger partial charge in [-0.2, -0.15) is 0 Å². The monoisotopic (exact) mass is 416 g/mol. The summed E-state index contributed by atoms with van der Waals surface area (Å²) in [5, 5.41) is 11.5. The number of aromatic nitrogens is 1. The van der Waals surface area contributed by atoms with Crippen LogP contribution in [0.1, 0.15) is 35.8 Å². The summed E-state index contributed by atoms with van der Waals surface area (Å²) in [6, 6.07) is 4.46. The Bertz CT molecular complexity index is 951. The molecule has 2 aliphatic rings. The number of halogens is 1. The first-order chi connectivity index (χ1) is 14.3. The van der Waals surface area contributed by atoms with E-state index < -0.39 is 6.10 Å². The van der Waals surface area contributed by atoms with Gasteiger partial charge in [-0.15, -0.1) is 0 Å². The number of rotatable bonds is 2. The van der Waals surface area contributed by atoms with Crippen LogP contribution in [0.2, 0.25) is 0 Å². The lowest BCUT2D eigenvalue weighted by atomic mass is 10.0. The van der Waals surface area contributed by atoms with Crippen molar-refractivity contribution in [3.63, 3.8) is 0 Å². The van der Waals surface area contributed by atoms with Crippen molar-refractivity contribution in [3.8, 4) is 0 Å². The molecule has 2 atom stereocenters. The molecular weight excluding hydrogens is 387 g/mol. The first-order valence-corrected chi connectivity index (χ1v) is 10.6. The zero-order valence-electron chi connectivity index (χ0n) is 17.5. The molecule has 1 aromatic heterocycles. The maximum atomic E-state index is 13.6. The summed E-state index contributed by atoms with van der Waals surface area (Å²) < 4.78 is 13.6. The number of carbonyl (C=O) groups excluding carboxylic acids is 2. The number of nitrogens with one attached hydrogen (secondary N) is 1. The number of nitrogens with zero attached hydrogens (tertiary/aromatic N) is 3. The lowest BCUT2D eigenvalue weighted by Crippen LogP contribution is -2.54. The van der Waals surface area contributed by atoms with Gasteiger partial charge in [-0.1, -0.05) is 0 Å². The molecule has 1 aromatic carbocycles. The Morgan fingerprint density at radius 2 is 1.77 bits per heavy atom. The second-order valence-corrected chi connectivity index (χ2v) is 8.36. The number of carbonyl (C=O) groups is 2. The number of aromatic amines is 1. The third-order valence-corrected chi connectivity index (χ3v) is 6.58. The molecule has 30 heavy (non-hydrogen) atoms. The number of likely N-dealkylation sites (tertiary alicyclic amines) is 1. The average Bonchev–Trinajstić information content (AvgIpc) is 2.92. The molecule has 2 amide bonds. The Kier molecular flexibility index (Phi) is 5.79. The molecule has 2 N–H and O–H groups in total. The molecule has 4 rings (SSSR count). The molecule has 3 heterocycles. The molecule has 0 aliphatic carbocycles. The Morgan fingerprint density at radius 1 is 1.07 bits per heavy atom. The molecule has 2 aromatic rings. The van der Waals surface area contributed by atoms with Gasteiger partial charge in [0.05, 0.1) is 6.10 Å². The average molecular weight is 416 g/mol. The molecule has 0 unspecified atom stereocenters. The topological polar surface area (TPSA) is 79.9 Å². The van der Waals surface area contributed by atoms with Crippen molar-refractivity contribution in [2.75, 3.05) is 39.3 Å². The highest BCUT2D eigenvalue weighted by atomic mass is 19.1. The first-order valence-electron chi connectivity index (χ1n) is 10.6. The second kappa shape index (κ2) is 8.35. The van der Waals surface area contributed by atoms with Crippen LogP contribution in [0.5, 0.6) is 0 Å². The van der Waals surface area contributed by atoms with Crippen molar-refractivity contribution in [1.82, 2.24) is 19.7 Å². The summed E-state index contributed by atoms with van der Waals surface area (Å²) in [7, 11) is 0. The van der Waals surface area contributed by atoms with Gasteiger partial charge in [-0.05, 0) is 43.5 Å². The van der Waals surface area contributed by atoms with Crippen molar-refractivity contribution in [2.45, 2.75) is 38.8 Å². The van der Waals surface area contributed by atoms with Gasteiger partial charge in [0.25, 0.3) is 5.91 Å². The standard InChI is InChI=1S/C22H29FN4O3/c1-14-17-13-16(23)3-4-18(17)24-21(14)22(30)27-7-5-19(20(29)6-8-27)26-11-9-25(10-12-26)15(2)28/h3-4,13,19-20,24,29H,5-12H2,1-2H3/t19-,20-/m0/s1. The van der Waals surface area contributed by atoms with Gasteiger partial charge in [0.1, 0.15) is 11.5 Å². The van der Waals surface area contributed by atoms with E-state index in [-0.39, 0.29) is 23.7 Å². The third-order valence-electron chi connectivity index (χ3n) is 6.58.